The molecule has 5 nitrogen and oxygen atoms in total. The van der Waals surface area contributed by atoms with E-state index in [9.17, 15) is 9.59 Å². The van der Waals surface area contributed by atoms with E-state index < -0.39 is 0 Å². The quantitative estimate of drug-likeness (QED) is 0.778. The zero-order chi connectivity index (χ0) is 15.8. The van der Waals surface area contributed by atoms with Crippen molar-refractivity contribution in [3.63, 3.8) is 0 Å². The molecule has 1 aliphatic heterocycles. The van der Waals surface area contributed by atoms with E-state index in [2.05, 4.69) is 10.6 Å². The van der Waals surface area contributed by atoms with Crippen molar-refractivity contribution < 1.29 is 9.59 Å². The first-order valence-electron chi connectivity index (χ1n) is 8.05. The Hall–Kier alpha value is -1.88. The Kier molecular flexibility index (Phi) is 6.40. The maximum Gasteiger partial charge on any atom is 0.253 e. The van der Waals surface area contributed by atoms with Gasteiger partial charge in [0.15, 0.2) is 0 Å². The standard InChI is InChI=1S/C17H25N3O2/c1-2-18-10-11-19-16(21)15-9-6-12-20(13-15)17(22)14-7-4-3-5-8-14/h3-5,7-8,15,18H,2,6,9-13H2,1H3,(H,19,21). The summed E-state index contributed by atoms with van der Waals surface area (Å²) in [5, 5.41) is 6.12. The van der Waals surface area contributed by atoms with Gasteiger partial charge in [-0.1, -0.05) is 25.1 Å². The van der Waals surface area contributed by atoms with Gasteiger partial charge in [-0.05, 0) is 31.5 Å². The predicted octanol–water partition coefficient (Wildman–Crippen LogP) is 1.26. The largest absolute Gasteiger partial charge is 0.355 e. The zero-order valence-corrected chi connectivity index (χ0v) is 13.2. The molecule has 5 heteroatoms. The van der Waals surface area contributed by atoms with Crippen LogP contribution in [0.5, 0.6) is 0 Å². The van der Waals surface area contributed by atoms with Gasteiger partial charge in [0.2, 0.25) is 5.91 Å². The lowest BCUT2D eigenvalue weighted by atomic mass is 9.96. The number of hydrogen-bond donors (Lipinski definition) is 2. The number of nitrogens with zero attached hydrogens (tertiary/aromatic N) is 1. The van der Waals surface area contributed by atoms with Crippen LogP contribution in [-0.4, -0.2) is 49.4 Å². The van der Waals surface area contributed by atoms with Gasteiger partial charge in [-0.2, -0.15) is 0 Å². The lowest BCUT2D eigenvalue weighted by molar-refractivity contribution is -0.126. The number of likely N-dealkylation sites (N-methyl/N-ethyl adjacent to an activating group) is 1. The number of carbonyl (C=O) groups is 2. The minimum absolute atomic E-state index is 0.0192. The molecule has 0 bridgehead atoms. The van der Waals surface area contributed by atoms with Gasteiger partial charge in [0.05, 0.1) is 5.92 Å². The fourth-order valence-electron chi connectivity index (χ4n) is 2.73. The Bertz CT molecular complexity index is 490. The maximum atomic E-state index is 12.5. The molecule has 2 N–H and O–H groups in total. The second kappa shape index (κ2) is 8.54. The van der Waals surface area contributed by atoms with Gasteiger partial charge in [-0.15, -0.1) is 0 Å². The van der Waals surface area contributed by atoms with Crippen molar-refractivity contribution in [3.8, 4) is 0 Å². The van der Waals surface area contributed by atoms with Crippen LogP contribution in [0.3, 0.4) is 0 Å². The molecule has 1 unspecified atom stereocenters. The van der Waals surface area contributed by atoms with E-state index in [1.165, 1.54) is 0 Å². The van der Waals surface area contributed by atoms with Gasteiger partial charge < -0.3 is 15.5 Å². The Labute approximate surface area is 132 Å². The summed E-state index contributed by atoms with van der Waals surface area (Å²) in [5.41, 5.74) is 0.690. The summed E-state index contributed by atoms with van der Waals surface area (Å²) in [5.74, 6) is -0.0164. The fraction of sp³-hybridized carbons (Fsp3) is 0.529. The van der Waals surface area contributed by atoms with Gasteiger partial charge in [0, 0.05) is 31.7 Å². The van der Waals surface area contributed by atoms with E-state index >= 15 is 0 Å². The highest BCUT2D eigenvalue weighted by Gasteiger charge is 2.28. The van der Waals surface area contributed by atoms with Crippen LogP contribution in [0.1, 0.15) is 30.1 Å². The first-order chi connectivity index (χ1) is 10.7. The summed E-state index contributed by atoms with van der Waals surface area (Å²) in [7, 11) is 0. The molecular formula is C17H25N3O2. The smallest absolute Gasteiger partial charge is 0.253 e. The first kappa shape index (κ1) is 16.5. The summed E-state index contributed by atoms with van der Waals surface area (Å²) in [6.07, 6.45) is 1.73. The van der Waals surface area contributed by atoms with Crippen LogP contribution in [0.4, 0.5) is 0 Å². The maximum absolute atomic E-state index is 12.5. The summed E-state index contributed by atoms with van der Waals surface area (Å²) < 4.78 is 0. The number of hydrogen-bond acceptors (Lipinski definition) is 3. The van der Waals surface area contributed by atoms with Crippen LogP contribution in [0, 0.1) is 5.92 Å². The van der Waals surface area contributed by atoms with Crippen LogP contribution in [0.15, 0.2) is 30.3 Å². The molecule has 0 aromatic heterocycles. The monoisotopic (exact) mass is 303 g/mol. The molecule has 1 aromatic carbocycles. The lowest BCUT2D eigenvalue weighted by Crippen LogP contribution is -2.46. The highest BCUT2D eigenvalue weighted by atomic mass is 16.2. The van der Waals surface area contributed by atoms with E-state index in [1.807, 2.05) is 37.3 Å². The normalized spacial score (nSPS) is 18.0. The van der Waals surface area contributed by atoms with Crippen molar-refractivity contribution in [2.24, 2.45) is 5.92 Å². The summed E-state index contributed by atoms with van der Waals surface area (Å²) >= 11 is 0. The van der Waals surface area contributed by atoms with E-state index in [4.69, 9.17) is 0 Å². The third-order valence-electron chi connectivity index (χ3n) is 3.95. The number of piperidine rings is 1. The molecule has 1 saturated heterocycles. The van der Waals surface area contributed by atoms with Crippen molar-refractivity contribution in [2.75, 3.05) is 32.7 Å². The predicted molar refractivity (Wildman–Crippen MR) is 86.6 cm³/mol. The van der Waals surface area contributed by atoms with Crippen LogP contribution in [-0.2, 0) is 4.79 Å². The van der Waals surface area contributed by atoms with Crippen molar-refractivity contribution in [1.29, 1.82) is 0 Å². The van der Waals surface area contributed by atoms with Crippen molar-refractivity contribution in [1.82, 2.24) is 15.5 Å². The van der Waals surface area contributed by atoms with Crippen molar-refractivity contribution in [2.45, 2.75) is 19.8 Å². The summed E-state index contributed by atoms with van der Waals surface area (Å²) in [4.78, 5) is 26.4. The third kappa shape index (κ3) is 4.56. The molecule has 22 heavy (non-hydrogen) atoms. The minimum Gasteiger partial charge on any atom is -0.355 e. The Balaban J connectivity index is 1.86. The van der Waals surface area contributed by atoms with Crippen LogP contribution in [0.2, 0.25) is 0 Å². The number of nitrogens with one attached hydrogen (secondary N) is 2. The molecule has 1 aliphatic rings. The highest BCUT2D eigenvalue weighted by molar-refractivity contribution is 5.94. The molecule has 0 spiro atoms. The van der Waals surface area contributed by atoms with Gasteiger partial charge in [-0.25, -0.2) is 0 Å². The van der Waals surface area contributed by atoms with Gasteiger partial charge in [-0.3, -0.25) is 9.59 Å². The average molecular weight is 303 g/mol. The molecule has 1 atom stereocenters. The molecule has 120 valence electrons. The SMILES string of the molecule is CCNCCNC(=O)C1CCCN(C(=O)c2ccccc2)C1. The number of amides is 2. The molecule has 2 amide bonds. The number of benzene rings is 1. The summed E-state index contributed by atoms with van der Waals surface area (Å²) in [6, 6.07) is 9.27. The van der Waals surface area contributed by atoms with E-state index in [-0.39, 0.29) is 17.7 Å². The van der Waals surface area contributed by atoms with Crippen molar-refractivity contribution in [3.05, 3.63) is 35.9 Å². The van der Waals surface area contributed by atoms with E-state index in [0.29, 0.717) is 18.7 Å². The average Bonchev–Trinajstić information content (AvgIpc) is 2.59. The second-order valence-electron chi connectivity index (χ2n) is 5.60. The zero-order valence-electron chi connectivity index (χ0n) is 13.2. The topological polar surface area (TPSA) is 61.4 Å². The Morgan fingerprint density at radius 3 is 2.73 bits per heavy atom. The molecule has 0 aliphatic carbocycles. The number of carbonyl (C=O) groups excluding carboxylic acids is 2. The van der Waals surface area contributed by atoms with Crippen molar-refractivity contribution >= 4 is 11.8 Å². The molecule has 1 fully saturated rings. The van der Waals surface area contributed by atoms with Gasteiger partial charge in [0.1, 0.15) is 0 Å². The minimum atomic E-state index is -0.0944. The molecule has 2 rings (SSSR count). The molecule has 0 radical (unpaired) electrons. The second-order valence-corrected chi connectivity index (χ2v) is 5.60. The third-order valence-corrected chi connectivity index (χ3v) is 3.95. The van der Waals surface area contributed by atoms with E-state index in [0.717, 1.165) is 32.5 Å². The van der Waals surface area contributed by atoms with Crippen LogP contribution in [0.25, 0.3) is 0 Å². The van der Waals surface area contributed by atoms with E-state index in [1.54, 1.807) is 4.90 Å². The molecule has 1 heterocycles. The Morgan fingerprint density at radius 1 is 1.23 bits per heavy atom. The van der Waals surface area contributed by atoms with Gasteiger partial charge in [0.25, 0.3) is 5.91 Å². The highest BCUT2D eigenvalue weighted by Crippen LogP contribution is 2.18. The molecule has 1 aromatic rings. The number of likely N-dealkylation sites (tertiary alicyclic amines) is 1. The number of rotatable bonds is 6. The fourth-order valence-corrected chi connectivity index (χ4v) is 2.73. The first-order valence-corrected chi connectivity index (χ1v) is 8.05. The summed E-state index contributed by atoms with van der Waals surface area (Å²) in [6.45, 7) is 5.60. The Morgan fingerprint density at radius 2 is 2.00 bits per heavy atom. The van der Waals surface area contributed by atoms with Gasteiger partial charge >= 0.3 is 0 Å². The lowest BCUT2D eigenvalue weighted by Gasteiger charge is -2.32. The molecule has 0 saturated carbocycles. The van der Waals surface area contributed by atoms with Crippen LogP contribution >= 0.6 is 0 Å². The van der Waals surface area contributed by atoms with Crippen LogP contribution < -0.4 is 10.6 Å². The molecular weight excluding hydrogens is 278 g/mol.